The summed E-state index contributed by atoms with van der Waals surface area (Å²) in [6.45, 7) is 21.2. The third-order valence-electron chi connectivity index (χ3n) is 14.8. The summed E-state index contributed by atoms with van der Waals surface area (Å²) in [5.41, 5.74) is 4.02. The highest BCUT2D eigenvalue weighted by molar-refractivity contribution is 6.90. The average Bonchev–Trinajstić information content (AvgIpc) is 3.98. The lowest BCUT2D eigenvalue weighted by molar-refractivity contribution is 0.0122. The highest BCUT2D eigenvalue weighted by Crippen LogP contribution is 2.48. The van der Waals surface area contributed by atoms with Crippen molar-refractivity contribution < 1.29 is 41.7 Å². The van der Waals surface area contributed by atoms with Gasteiger partial charge in [-0.3, -0.25) is 4.90 Å². The maximum absolute atomic E-state index is 18.1. The van der Waals surface area contributed by atoms with Crippen molar-refractivity contribution in [3.8, 4) is 34.5 Å². The molecule has 4 aromatic rings. The van der Waals surface area contributed by atoms with Crippen LogP contribution in [0.1, 0.15) is 112 Å². The fourth-order valence-electron chi connectivity index (χ4n) is 11.3. The lowest BCUT2D eigenvalue weighted by atomic mass is 9.95. The number of nitrogens with zero attached hydrogens (tertiary/aromatic N) is 6. The third-order valence-corrected chi connectivity index (χ3v) is 21.1. The van der Waals surface area contributed by atoms with Gasteiger partial charge in [-0.15, -0.1) is 5.54 Å². The van der Waals surface area contributed by atoms with E-state index in [9.17, 15) is 18.7 Å². The summed E-state index contributed by atoms with van der Waals surface area (Å²) < 4.78 is 79.2. The topological polar surface area (TPSA) is 113 Å². The van der Waals surface area contributed by atoms with Gasteiger partial charge >= 0.3 is 12.1 Å². The molecule has 16 heteroatoms. The molecule has 68 heavy (non-hydrogen) atoms. The number of carbonyl (C=O) groups excluding carboxylic acids is 1. The van der Waals surface area contributed by atoms with Gasteiger partial charge in [-0.05, 0) is 105 Å². The second kappa shape index (κ2) is 19.1. The van der Waals surface area contributed by atoms with Crippen LogP contribution in [0.3, 0.4) is 0 Å². The lowest BCUT2D eigenvalue weighted by Gasteiger charge is -2.42. The molecule has 0 spiro atoms. The number of piperazine rings is 1. The molecule has 1 saturated carbocycles. The minimum atomic E-state index is -2.37. The number of hydrogen-bond donors (Lipinski definition) is 1. The number of methoxy groups -OCH3 is 1. The van der Waals surface area contributed by atoms with Crippen LogP contribution in [0.4, 0.5) is 28.2 Å². The van der Waals surface area contributed by atoms with E-state index in [0.29, 0.717) is 73.2 Å². The summed E-state index contributed by atoms with van der Waals surface area (Å²) in [5, 5.41) is 12.3. The molecule has 3 aliphatic heterocycles. The van der Waals surface area contributed by atoms with E-state index in [2.05, 4.69) is 57.9 Å². The van der Waals surface area contributed by atoms with Crippen molar-refractivity contribution >= 4 is 41.7 Å². The molecule has 2 atom stereocenters. The number of amides is 1. The van der Waals surface area contributed by atoms with Crippen LogP contribution in [-0.4, -0.2) is 108 Å². The Bertz CT molecular complexity index is 2640. The Hall–Kier alpha value is -4.98. The first-order valence-corrected chi connectivity index (χ1v) is 26.4. The molecule has 366 valence electrons. The number of ether oxygens (including phenoxy) is 3. The lowest BCUT2D eigenvalue weighted by Crippen LogP contribution is -2.57. The van der Waals surface area contributed by atoms with Crippen LogP contribution in [0.15, 0.2) is 35.9 Å². The number of likely N-dealkylation sites (tertiary alicyclic amines) is 1. The van der Waals surface area contributed by atoms with Crippen LogP contribution in [0.5, 0.6) is 11.8 Å². The van der Waals surface area contributed by atoms with E-state index in [1.807, 2.05) is 30.6 Å². The van der Waals surface area contributed by atoms with Gasteiger partial charge in [0.15, 0.2) is 5.82 Å². The molecular weight excluding hydrogens is 893 g/mol. The molecule has 2 aromatic heterocycles. The van der Waals surface area contributed by atoms with Gasteiger partial charge in [-0.1, -0.05) is 53.5 Å². The number of anilines is 1. The number of hydrogen-bond acceptors (Lipinski definition) is 10. The van der Waals surface area contributed by atoms with E-state index in [1.165, 1.54) is 25.3 Å². The van der Waals surface area contributed by atoms with Crippen molar-refractivity contribution in [1.82, 2.24) is 24.8 Å². The van der Waals surface area contributed by atoms with Crippen LogP contribution in [-0.2, 0) is 16.1 Å². The largest absolute Gasteiger partial charge is 0.508 e. The fraction of sp³-hybridized carbons (Fsp3) is 0.577. The molecule has 11 nitrogen and oxygen atoms in total. The Morgan fingerprint density at radius 3 is 2.16 bits per heavy atom. The van der Waals surface area contributed by atoms with Crippen molar-refractivity contribution in [2.24, 2.45) is 5.41 Å². The quantitative estimate of drug-likeness (QED) is 0.0836. The number of benzene rings is 2. The first-order valence-electron chi connectivity index (χ1n) is 24.2. The number of aromatic hydroxyl groups is 1. The molecule has 2 unspecified atom stereocenters. The number of carbonyl (C=O) groups is 1. The summed E-state index contributed by atoms with van der Waals surface area (Å²) in [6.07, 6.45) is 1.89. The molecule has 4 aliphatic rings. The van der Waals surface area contributed by atoms with Crippen molar-refractivity contribution in [1.29, 1.82) is 0 Å². The first kappa shape index (κ1) is 49.4. The molecule has 2 aromatic carbocycles. The van der Waals surface area contributed by atoms with Gasteiger partial charge in [0.25, 0.3) is 6.08 Å². The molecule has 1 N–H and O–H groups in total. The average molecular weight is 959 g/mol. The number of rotatable bonds is 12. The number of halogens is 4. The SMILES string of the molecule is COCc1nc(-c2cc(O)cc3ccc(F)c(C#C[Si](C(C)C)(C(C)C)C(C)C)c23)c(F)c2nc(OCC3(CN4CCC(=C(F)F)CC4)CC3)nc(N3CC4CCC(C3)N4C(=O)OC(C)(C)C)c12. The molecule has 5 heterocycles. The van der Waals surface area contributed by atoms with E-state index in [-0.39, 0.29) is 93.1 Å². The standard InChI is InChI=1S/C52H66F4N6O5Si/c1-30(2)68(31(3)4,32(5)6)22-17-38-40(53)14-11-34-23-37(63)24-39(42(34)38)45-44(54)46-43(41(57-45)27-65-10)48(61-25-35-12-13-36(26-61)62(35)50(64)67-51(7,8)9)59-49(58-46)66-29-52(18-19-52)28-60-20-15-33(16-21-60)47(55)56/h11,14,23-24,30-32,35-36,63H,12-13,15-16,18-21,25-29H2,1-10H3. The molecule has 0 radical (unpaired) electrons. The van der Waals surface area contributed by atoms with Crippen LogP contribution in [0.25, 0.3) is 32.9 Å². The Kier molecular flexibility index (Phi) is 13.9. The highest BCUT2D eigenvalue weighted by atomic mass is 28.3. The maximum Gasteiger partial charge on any atom is 0.410 e. The zero-order chi connectivity index (χ0) is 49.0. The Morgan fingerprint density at radius 1 is 0.941 bits per heavy atom. The van der Waals surface area contributed by atoms with E-state index in [0.717, 1.165) is 25.7 Å². The summed E-state index contributed by atoms with van der Waals surface area (Å²) in [6, 6.07) is 5.31. The number of phenolic OH excluding ortho intramolecular Hbond substituents is 1. The normalized spacial score (nSPS) is 19.6. The van der Waals surface area contributed by atoms with E-state index in [1.54, 1.807) is 6.07 Å². The van der Waals surface area contributed by atoms with E-state index < -0.39 is 31.4 Å². The van der Waals surface area contributed by atoms with Gasteiger partial charge in [0.1, 0.15) is 42.3 Å². The molecule has 1 aliphatic carbocycles. The number of phenols is 1. The number of fused-ring (bicyclic) bond motifs is 4. The Labute approximate surface area is 398 Å². The van der Waals surface area contributed by atoms with Gasteiger partial charge in [0, 0.05) is 56.2 Å². The zero-order valence-corrected chi connectivity index (χ0v) is 42.2. The molecular formula is C52H66F4N6O5Si. The van der Waals surface area contributed by atoms with Gasteiger partial charge < -0.3 is 29.1 Å². The van der Waals surface area contributed by atoms with Crippen molar-refractivity contribution in [3.63, 3.8) is 0 Å². The van der Waals surface area contributed by atoms with Crippen molar-refractivity contribution in [2.45, 2.75) is 142 Å². The van der Waals surface area contributed by atoms with Crippen molar-refractivity contribution in [2.75, 3.05) is 51.3 Å². The summed E-state index contributed by atoms with van der Waals surface area (Å²) >= 11 is 0. The molecule has 2 bridgehead atoms. The summed E-state index contributed by atoms with van der Waals surface area (Å²) in [5.74, 6) is 2.10. The molecule has 3 saturated heterocycles. The van der Waals surface area contributed by atoms with Crippen LogP contribution >= 0.6 is 0 Å². The van der Waals surface area contributed by atoms with Gasteiger partial charge in [-0.25, -0.2) is 18.6 Å². The zero-order valence-electron chi connectivity index (χ0n) is 41.2. The Morgan fingerprint density at radius 2 is 1.59 bits per heavy atom. The third kappa shape index (κ3) is 9.64. The van der Waals surface area contributed by atoms with Crippen LogP contribution in [0.2, 0.25) is 16.6 Å². The van der Waals surface area contributed by atoms with Crippen molar-refractivity contribution in [3.05, 3.63) is 58.8 Å². The highest BCUT2D eigenvalue weighted by Gasteiger charge is 2.47. The first-order chi connectivity index (χ1) is 32.1. The predicted molar refractivity (Wildman–Crippen MR) is 260 cm³/mol. The molecule has 8 rings (SSSR count). The fourth-order valence-corrected chi connectivity index (χ4v) is 16.5. The van der Waals surface area contributed by atoms with Crippen LogP contribution in [0, 0.1) is 28.5 Å². The minimum absolute atomic E-state index is 0.0563. The van der Waals surface area contributed by atoms with Gasteiger partial charge in [0.05, 0.1) is 41.9 Å². The second-order valence-corrected chi connectivity index (χ2v) is 27.1. The number of piperidine rings is 1. The minimum Gasteiger partial charge on any atom is -0.508 e. The second-order valence-electron chi connectivity index (χ2n) is 21.5. The van der Waals surface area contributed by atoms with Gasteiger partial charge in [-0.2, -0.15) is 18.7 Å². The number of aromatic nitrogens is 3. The van der Waals surface area contributed by atoms with E-state index in [4.69, 9.17) is 29.2 Å². The molecule has 4 fully saturated rings. The molecule has 1 amide bonds. The van der Waals surface area contributed by atoms with E-state index >= 15 is 8.78 Å². The summed E-state index contributed by atoms with van der Waals surface area (Å²) in [7, 11) is -0.856. The van der Waals surface area contributed by atoms with Gasteiger partial charge in [0.2, 0.25) is 0 Å². The maximum atomic E-state index is 18.1. The van der Waals surface area contributed by atoms with Crippen LogP contribution < -0.4 is 9.64 Å². The number of pyridine rings is 1. The monoisotopic (exact) mass is 958 g/mol. The smallest absolute Gasteiger partial charge is 0.410 e. The predicted octanol–water partition coefficient (Wildman–Crippen LogP) is 11.5. The Balaban J connectivity index is 1.27. The summed E-state index contributed by atoms with van der Waals surface area (Å²) in [4.78, 5) is 34.3.